The lowest BCUT2D eigenvalue weighted by atomic mass is 10.1. The number of aromatic nitrogens is 2. The van der Waals surface area contributed by atoms with Gasteiger partial charge < -0.3 is 14.4 Å². The summed E-state index contributed by atoms with van der Waals surface area (Å²) >= 11 is 1.74. The van der Waals surface area contributed by atoms with Crippen LogP contribution in [0.1, 0.15) is 33.1 Å². The van der Waals surface area contributed by atoms with Crippen molar-refractivity contribution in [2.45, 2.75) is 18.9 Å². The van der Waals surface area contributed by atoms with Gasteiger partial charge in [0.2, 0.25) is 5.91 Å². The quantitative estimate of drug-likeness (QED) is 0.637. The summed E-state index contributed by atoms with van der Waals surface area (Å²) < 4.78 is 2.00. The fraction of sp³-hybridized carbons (Fsp3) is 0.348. The molecule has 0 N–H and O–H groups in total. The largest absolute Gasteiger partial charge is 0.339 e. The van der Waals surface area contributed by atoms with Gasteiger partial charge in [0.05, 0.1) is 6.33 Å². The SMILES string of the molecule is O=C(c1ccc(Cn2ccnc2)cc1)N1CCN(C(=O)[C@@H]2C[C@H]2c2cccs2)CC1. The molecule has 30 heavy (non-hydrogen) atoms. The van der Waals surface area contributed by atoms with Gasteiger partial charge in [0.25, 0.3) is 5.91 Å². The second-order valence-electron chi connectivity index (χ2n) is 8.01. The smallest absolute Gasteiger partial charge is 0.253 e. The van der Waals surface area contributed by atoms with E-state index in [9.17, 15) is 9.59 Å². The van der Waals surface area contributed by atoms with Crippen LogP contribution >= 0.6 is 11.3 Å². The van der Waals surface area contributed by atoms with Gasteiger partial charge in [-0.1, -0.05) is 18.2 Å². The van der Waals surface area contributed by atoms with Crippen molar-refractivity contribution >= 4 is 23.2 Å². The molecule has 2 aromatic heterocycles. The van der Waals surface area contributed by atoms with Crippen molar-refractivity contribution in [1.82, 2.24) is 19.4 Å². The van der Waals surface area contributed by atoms with E-state index in [1.807, 2.05) is 44.8 Å². The molecule has 0 radical (unpaired) electrons. The first-order valence-electron chi connectivity index (χ1n) is 10.3. The molecule has 1 saturated heterocycles. The number of hydrogen-bond acceptors (Lipinski definition) is 4. The van der Waals surface area contributed by atoms with Crippen LogP contribution in [0.2, 0.25) is 0 Å². The minimum absolute atomic E-state index is 0.0409. The second kappa shape index (κ2) is 8.07. The molecule has 1 aromatic carbocycles. The first kappa shape index (κ1) is 19.1. The molecule has 2 fully saturated rings. The third kappa shape index (κ3) is 3.89. The minimum Gasteiger partial charge on any atom is -0.339 e. The van der Waals surface area contributed by atoms with E-state index in [4.69, 9.17) is 0 Å². The summed E-state index contributed by atoms with van der Waals surface area (Å²) in [7, 11) is 0. The molecule has 1 aliphatic carbocycles. The average molecular weight is 421 g/mol. The third-order valence-electron chi connectivity index (χ3n) is 6.02. The van der Waals surface area contributed by atoms with Crippen LogP contribution in [0.3, 0.4) is 0 Å². The minimum atomic E-state index is 0.0409. The van der Waals surface area contributed by atoms with Gasteiger partial charge in [-0.3, -0.25) is 9.59 Å². The lowest BCUT2D eigenvalue weighted by Gasteiger charge is -2.35. The number of piperazine rings is 1. The molecular formula is C23H24N4O2S. The second-order valence-corrected chi connectivity index (χ2v) is 8.99. The molecule has 1 aliphatic heterocycles. The van der Waals surface area contributed by atoms with Gasteiger partial charge in [0.1, 0.15) is 0 Å². The molecule has 2 aliphatic rings. The van der Waals surface area contributed by atoms with Crippen molar-refractivity contribution in [3.63, 3.8) is 0 Å². The molecule has 3 heterocycles. The van der Waals surface area contributed by atoms with Gasteiger partial charge in [-0.05, 0) is 35.6 Å². The van der Waals surface area contributed by atoms with Crippen molar-refractivity contribution in [3.8, 4) is 0 Å². The first-order valence-corrected chi connectivity index (χ1v) is 11.2. The molecule has 5 rings (SSSR count). The summed E-state index contributed by atoms with van der Waals surface area (Å²) in [4.78, 5) is 34.8. The van der Waals surface area contributed by atoms with Crippen LogP contribution in [0.5, 0.6) is 0 Å². The fourth-order valence-electron chi connectivity index (χ4n) is 4.18. The third-order valence-corrected chi connectivity index (χ3v) is 7.02. The monoisotopic (exact) mass is 420 g/mol. The highest BCUT2D eigenvalue weighted by molar-refractivity contribution is 7.10. The van der Waals surface area contributed by atoms with Crippen LogP contribution in [-0.2, 0) is 11.3 Å². The Bertz CT molecular complexity index is 1010. The van der Waals surface area contributed by atoms with Gasteiger partial charge >= 0.3 is 0 Å². The van der Waals surface area contributed by atoms with Gasteiger partial charge in [-0.2, -0.15) is 0 Å². The lowest BCUT2D eigenvalue weighted by molar-refractivity contribution is -0.134. The molecule has 2 amide bonds. The van der Waals surface area contributed by atoms with Gasteiger partial charge in [-0.25, -0.2) is 4.98 Å². The summed E-state index contributed by atoms with van der Waals surface area (Å²) in [6.07, 6.45) is 6.42. The molecule has 154 valence electrons. The van der Waals surface area contributed by atoms with E-state index in [0.717, 1.165) is 18.5 Å². The van der Waals surface area contributed by atoms with Gasteiger partial charge in [0.15, 0.2) is 0 Å². The highest BCUT2D eigenvalue weighted by atomic mass is 32.1. The molecule has 0 bridgehead atoms. The van der Waals surface area contributed by atoms with Crippen LogP contribution in [0.4, 0.5) is 0 Å². The number of benzene rings is 1. The molecule has 2 atom stereocenters. The summed E-state index contributed by atoms with van der Waals surface area (Å²) in [6.45, 7) is 3.17. The average Bonchev–Trinajstić information content (AvgIpc) is 3.16. The Kier molecular flexibility index (Phi) is 5.12. The maximum atomic E-state index is 12.9. The highest BCUT2D eigenvalue weighted by Gasteiger charge is 2.46. The number of thiophene rings is 1. The van der Waals surface area contributed by atoms with E-state index in [0.29, 0.717) is 37.7 Å². The Labute approximate surface area is 179 Å². The van der Waals surface area contributed by atoms with Gasteiger partial charge in [-0.15, -0.1) is 11.3 Å². The molecule has 7 heteroatoms. The van der Waals surface area contributed by atoms with E-state index in [1.54, 1.807) is 23.9 Å². The predicted molar refractivity (Wildman–Crippen MR) is 115 cm³/mol. The van der Waals surface area contributed by atoms with Crippen molar-refractivity contribution in [2.75, 3.05) is 26.2 Å². The zero-order valence-electron chi connectivity index (χ0n) is 16.7. The summed E-state index contributed by atoms with van der Waals surface area (Å²) in [5.74, 6) is 0.829. The highest BCUT2D eigenvalue weighted by Crippen LogP contribution is 2.50. The molecule has 3 aromatic rings. The standard InChI is InChI=1S/C23H24N4O2S/c28-22(18-5-3-17(4-6-18)15-25-8-7-24-16-25)26-9-11-27(12-10-26)23(29)20-14-19(20)21-2-1-13-30-21/h1-8,13,16,19-20H,9-12,14-15H2/t19-,20-/m1/s1. The van der Waals surface area contributed by atoms with Crippen LogP contribution < -0.4 is 0 Å². The van der Waals surface area contributed by atoms with Crippen LogP contribution in [0, 0.1) is 5.92 Å². The number of hydrogen-bond donors (Lipinski definition) is 0. The van der Waals surface area contributed by atoms with Crippen molar-refractivity contribution in [2.24, 2.45) is 5.92 Å². The van der Waals surface area contributed by atoms with E-state index < -0.39 is 0 Å². The summed E-state index contributed by atoms with van der Waals surface area (Å²) in [6, 6.07) is 11.9. The Morgan fingerprint density at radius 3 is 2.47 bits per heavy atom. The Morgan fingerprint density at radius 2 is 1.80 bits per heavy atom. The zero-order chi connectivity index (χ0) is 20.5. The molecule has 6 nitrogen and oxygen atoms in total. The molecule has 1 saturated carbocycles. The predicted octanol–water partition coefficient (Wildman–Crippen LogP) is 3.08. The Morgan fingerprint density at radius 1 is 1.03 bits per heavy atom. The number of carbonyl (C=O) groups excluding carboxylic acids is 2. The first-order chi connectivity index (χ1) is 14.7. The number of carbonyl (C=O) groups is 2. The summed E-state index contributed by atoms with van der Waals surface area (Å²) in [5, 5.41) is 2.07. The Balaban J connectivity index is 1.14. The fourth-order valence-corrected chi connectivity index (χ4v) is 5.08. The van der Waals surface area contributed by atoms with Crippen molar-refractivity contribution in [3.05, 3.63) is 76.5 Å². The number of nitrogens with zero attached hydrogens (tertiary/aromatic N) is 4. The number of amides is 2. The maximum Gasteiger partial charge on any atom is 0.253 e. The molecule has 0 spiro atoms. The maximum absolute atomic E-state index is 12.9. The van der Waals surface area contributed by atoms with E-state index >= 15 is 0 Å². The van der Waals surface area contributed by atoms with Crippen LogP contribution in [0.15, 0.2) is 60.5 Å². The molecule has 0 unspecified atom stereocenters. The zero-order valence-corrected chi connectivity index (χ0v) is 17.5. The Hall–Kier alpha value is -2.93. The molecular weight excluding hydrogens is 396 g/mol. The van der Waals surface area contributed by atoms with Crippen LogP contribution in [-0.4, -0.2) is 57.3 Å². The van der Waals surface area contributed by atoms with E-state index in [2.05, 4.69) is 22.5 Å². The number of rotatable bonds is 5. The van der Waals surface area contributed by atoms with Crippen LogP contribution in [0.25, 0.3) is 0 Å². The van der Waals surface area contributed by atoms with E-state index in [-0.39, 0.29) is 17.7 Å². The number of imidazole rings is 1. The summed E-state index contributed by atoms with van der Waals surface area (Å²) in [5.41, 5.74) is 1.83. The topological polar surface area (TPSA) is 58.4 Å². The lowest BCUT2D eigenvalue weighted by Crippen LogP contribution is -2.51. The van der Waals surface area contributed by atoms with Crippen molar-refractivity contribution < 1.29 is 9.59 Å². The normalized spacial score (nSPS) is 20.9. The van der Waals surface area contributed by atoms with E-state index in [1.165, 1.54) is 4.88 Å². The van der Waals surface area contributed by atoms with Crippen molar-refractivity contribution in [1.29, 1.82) is 0 Å². The van der Waals surface area contributed by atoms with Gasteiger partial charge in [0, 0.05) is 67.4 Å².